The fraction of sp³-hybridized carbons (Fsp3) is 0.318. The highest BCUT2D eigenvalue weighted by molar-refractivity contribution is 6.00. The van der Waals surface area contributed by atoms with Gasteiger partial charge in [0.1, 0.15) is 6.10 Å². The van der Waals surface area contributed by atoms with Crippen molar-refractivity contribution >= 4 is 22.9 Å². The first-order valence-electron chi connectivity index (χ1n) is 10.1. The minimum absolute atomic E-state index is 0.0522. The minimum atomic E-state index is -0.885. The van der Waals surface area contributed by atoms with Crippen LogP contribution in [-0.2, 0) is 6.42 Å². The van der Waals surface area contributed by atoms with Gasteiger partial charge < -0.3 is 25.0 Å². The second kappa shape index (κ2) is 7.37. The molecule has 3 N–H and O–H groups in total. The maximum Gasteiger partial charge on any atom is 0.407 e. The van der Waals surface area contributed by atoms with E-state index in [1.165, 1.54) is 4.90 Å². The summed E-state index contributed by atoms with van der Waals surface area (Å²) in [5, 5.41) is 12.9. The van der Waals surface area contributed by atoms with E-state index in [0.717, 1.165) is 34.3 Å². The molecule has 30 heavy (non-hydrogen) atoms. The normalized spacial score (nSPS) is 16.9. The second-order valence-electron chi connectivity index (χ2n) is 7.69. The minimum Gasteiger partial charge on any atom is -0.474 e. The summed E-state index contributed by atoms with van der Waals surface area (Å²) in [5.41, 5.74) is 4.22. The highest BCUT2D eigenvalue weighted by Gasteiger charge is 2.24. The van der Waals surface area contributed by atoms with Crippen LogP contribution in [0.4, 0.5) is 4.79 Å². The Balaban J connectivity index is 1.44. The number of aromatic amines is 1. The number of aromatic nitrogens is 2. The molecule has 1 saturated heterocycles. The average molecular weight is 406 g/mol. The largest absolute Gasteiger partial charge is 0.474 e. The van der Waals surface area contributed by atoms with Crippen LogP contribution in [0.25, 0.3) is 22.2 Å². The van der Waals surface area contributed by atoms with Crippen molar-refractivity contribution in [3.05, 3.63) is 47.7 Å². The zero-order valence-electron chi connectivity index (χ0n) is 16.4. The first-order chi connectivity index (χ1) is 14.6. The van der Waals surface area contributed by atoms with E-state index in [0.29, 0.717) is 43.9 Å². The van der Waals surface area contributed by atoms with E-state index < -0.39 is 6.09 Å². The van der Waals surface area contributed by atoms with Crippen molar-refractivity contribution in [1.29, 1.82) is 0 Å². The van der Waals surface area contributed by atoms with E-state index in [1.807, 2.05) is 36.4 Å². The average Bonchev–Trinajstić information content (AvgIpc) is 3.19. The van der Waals surface area contributed by atoms with Crippen LogP contribution < -0.4 is 10.1 Å². The fourth-order valence-corrected chi connectivity index (χ4v) is 4.19. The first kappa shape index (κ1) is 18.5. The summed E-state index contributed by atoms with van der Waals surface area (Å²) in [6, 6.07) is 11.7. The quantitative estimate of drug-likeness (QED) is 0.620. The van der Waals surface area contributed by atoms with Crippen molar-refractivity contribution in [2.24, 2.45) is 0 Å². The van der Waals surface area contributed by atoms with Crippen LogP contribution >= 0.6 is 0 Å². The van der Waals surface area contributed by atoms with Crippen LogP contribution in [0.3, 0.4) is 0 Å². The highest BCUT2D eigenvalue weighted by atomic mass is 16.5. The number of para-hydroxylation sites is 1. The molecular weight excluding hydrogens is 384 g/mol. The van der Waals surface area contributed by atoms with E-state index in [-0.39, 0.29) is 12.0 Å². The van der Waals surface area contributed by atoms with E-state index >= 15 is 0 Å². The van der Waals surface area contributed by atoms with Gasteiger partial charge in [-0.1, -0.05) is 18.2 Å². The third kappa shape index (κ3) is 3.34. The lowest BCUT2D eigenvalue weighted by Gasteiger charge is -2.29. The Hall–Kier alpha value is -3.55. The van der Waals surface area contributed by atoms with Gasteiger partial charge in [0.25, 0.3) is 5.91 Å². The van der Waals surface area contributed by atoms with Crippen LogP contribution in [-0.4, -0.2) is 57.7 Å². The molecule has 0 bridgehead atoms. The van der Waals surface area contributed by atoms with Crippen LogP contribution in [0.5, 0.6) is 5.88 Å². The molecule has 0 atom stereocenters. The maximum atomic E-state index is 12.1. The van der Waals surface area contributed by atoms with E-state index in [4.69, 9.17) is 14.8 Å². The van der Waals surface area contributed by atoms with Crippen LogP contribution in [0, 0.1) is 0 Å². The molecule has 0 unspecified atom stereocenters. The lowest BCUT2D eigenvalue weighted by atomic mass is 10.1. The molecule has 3 aromatic rings. The highest BCUT2D eigenvalue weighted by Crippen LogP contribution is 2.31. The molecule has 8 nitrogen and oxygen atoms in total. The third-order valence-electron chi connectivity index (χ3n) is 5.79. The molecule has 0 aliphatic carbocycles. The summed E-state index contributed by atoms with van der Waals surface area (Å²) < 4.78 is 6.08. The van der Waals surface area contributed by atoms with Gasteiger partial charge in [-0.2, -0.15) is 0 Å². The van der Waals surface area contributed by atoms with E-state index in [1.54, 1.807) is 0 Å². The molecule has 2 aliphatic rings. The fourth-order valence-electron chi connectivity index (χ4n) is 4.19. The van der Waals surface area contributed by atoms with E-state index in [9.17, 15) is 9.59 Å². The smallest absolute Gasteiger partial charge is 0.407 e. The number of benzene rings is 1. The van der Waals surface area contributed by atoms with Crippen molar-refractivity contribution in [2.45, 2.75) is 25.4 Å². The Morgan fingerprint density at radius 2 is 2.00 bits per heavy atom. The number of ether oxygens (including phenoxy) is 1. The summed E-state index contributed by atoms with van der Waals surface area (Å²) in [4.78, 5) is 32.8. The number of carboxylic acid groups (broad SMARTS) is 1. The summed E-state index contributed by atoms with van der Waals surface area (Å²) in [6.45, 7) is 1.57. The van der Waals surface area contributed by atoms with Crippen molar-refractivity contribution in [3.63, 3.8) is 0 Å². The van der Waals surface area contributed by atoms with Gasteiger partial charge in [-0.05, 0) is 12.1 Å². The predicted molar refractivity (Wildman–Crippen MR) is 111 cm³/mol. The lowest BCUT2D eigenvalue weighted by molar-refractivity contribution is 0.0872. The van der Waals surface area contributed by atoms with Crippen LogP contribution in [0.15, 0.2) is 36.4 Å². The molecular formula is C22H22N4O4. The lowest BCUT2D eigenvalue weighted by Crippen LogP contribution is -2.41. The molecule has 5 rings (SSSR count). The Bertz CT molecular complexity index is 1130. The van der Waals surface area contributed by atoms with E-state index in [2.05, 4.69) is 10.3 Å². The summed E-state index contributed by atoms with van der Waals surface area (Å²) in [6.07, 6.45) is 1.13. The van der Waals surface area contributed by atoms with Gasteiger partial charge in [-0.15, -0.1) is 0 Å². The second-order valence-corrected chi connectivity index (χ2v) is 7.69. The monoisotopic (exact) mass is 406 g/mol. The molecule has 0 spiro atoms. The van der Waals surface area contributed by atoms with Gasteiger partial charge in [0.15, 0.2) is 0 Å². The number of carbonyl (C=O) groups excluding carboxylic acids is 1. The first-order valence-corrected chi connectivity index (χ1v) is 10.1. The number of nitrogens with zero attached hydrogens (tertiary/aromatic N) is 2. The van der Waals surface area contributed by atoms with Gasteiger partial charge >= 0.3 is 6.09 Å². The molecule has 1 aromatic carbocycles. The number of hydrogen-bond acceptors (Lipinski definition) is 4. The molecule has 154 valence electrons. The number of pyridine rings is 1. The van der Waals surface area contributed by atoms with Gasteiger partial charge in [-0.25, -0.2) is 9.78 Å². The zero-order valence-corrected chi connectivity index (χ0v) is 16.4. The molecule has 1 fully saturated rings. The molecule has 0 saturated carbocycles. The zero-order chi connectivity index (χ0) is 20.7. The molecule has 8 heteroatoms. The number of fused-ring (bicyclic) bond motifs is 2. The number of likely N-dealkylation sites (tertiary alicyclic amines) is 1. The van der Waals surface area contributed by atoms with Gasteiger partial charge in [0.05, 0.1) is 11.1 Å². The topological polar surface area (TPSA) is 108 Å². The number of carbonyl (C=O) groups is 2. The summed E-state index contributed by atoms with van der Waals surface area (Å²) in [7, 11) is 0. The number of rotatable bonds is 3. The summed E-state index contributed by atoms with van der Waals surface area (Å²) in [5.74, 6) is 0.474. The molecule has 2 amide bonds. The maximum absolute atomic E-state index is 12.1. The predicted octanol–water partition coefficient (Wildman–Crippen LogP) is 3.04. The Labute approximate surface area is 172 Å². The number of piperidine rings is 1. The number of H-pyrrole nitrogens is 1. The Kier molecular flexibility index (Phi) is 4.54. The third-order valence-corrected chi connectivity index (χ3v) is 5.79. The molecule has 2 aliphatic heterocycles. The van der Waals surface area contributed by atoms with Gasteiger partial charge in [-0.3, -0.25) is 4.79 Å². The van der Waals surface area contributed by atoms with Crippen LogP contribution in [0.1, 0.15) is 28.9 Å². The Morgan fingerprint density at radius 3 is 2.77 bits per heavy atom. The van der Waals surface area contributed by atoms with Crippen molar-refractivity contribution < 1.29 is 19.4 Å². The molecule has 0 radical (unpaired) electrons. The van der Waals surface area contributed by atoms with Crippen molar-refractivity contribution in [3.8, 4) is 17.1 Å². The standard InChI is InChI=1S/C22H22N4O4/c27-21-16-12-18(24-17(16)6-9-23-21)15-3-1-2-13-4-5-19(25-20(13)15)30-14-7-10-26(11-8-14)22(28)29/h1-5,12,14,24H,6-11H2,(H,23,27)(H,28,29). The SMILES string of the molecule is O=C1NCCc2[nH]c(-c3cccc4ccc(OC5CCN(C(=O)O)CC5)nc34)cc21. The van der Waals surface area contributed by atoms with Crippen molar-refractivity contribution in [2.75, 3.05) is 19.6 Å². The Morgan fingerprint density at radius 1 is 1.17 bits per heavy atom. The van der Waals surface area contributed by atoms with Gasteiger partial charge in [0, 0.05) is 67.3 Å². The number of nitrogens with one attached hydrogen (secondary N) is 2. The molecule has 2 aromatic heterocycles. The number of amides is 2. The van der Waals surface area contributed by atoms with Gasteiger partial charge in [0.2, 0.25) is 5.88 Å². The number of hydrogen-bond donors (Lipinski definition) is 3. The van der Waals surface area contributed by atoms with Crippen LogP contribution in [0.2, 0.25) is 0 Å². The van der Waals surface area contributed by atoms with Crippen molar-refractivity contribution in [1.82, 2.24) is 20.2 Å². The molecule has 4 heterocycles. The summed E-state index contributed by atoms with van der Waals surface area (Å²) >= 11 is 0.